The molecule has 108 valence electrons. The Morgan fingerprint density at radius 3 is 2.48 bits per heavy atom. The molecular weight excluding hydrogens is 274 g/mol. The standard InChI is InChI=1S/C15H13NO5/c1-2-21-15(20)10-5-3-9(4-6-10)12-8-16-13(17)7-11(12)14(18)19/h3-8H,2H2,1H3,(H,16,17)(H,18,19). The zero-order chi connectivity index (χ0) is 15.4. The lowest BCUT2D eigenvalue weighted by Crippen LogP contribution is -2.10. The summed E-state index contributed by atoms with van der Waals surface area (Å²) in [6, 6.07) is 7.32. The molecule has 0 saturated carbocycles. The van der Waals surface area contributed by atoms with Gasteiger partial charge in [-0.3, -0.25) is 4.79 Å². The van der Waals surface area contributed by atoms with Gasteiger partial charge in [-0.25, -0.2) is 9.59 Å². The molecule has 0 fully saturated rings. The Morgan fingerprint density at radius 1 is 1.24 bits per heavy atom. The van der Waals surface area contributed by atoms with E-state index in [-0.39, 0.29) is 12.2 Å². The number of esters is 1. The van der Waals surface area contributed by atoms with Gasteiger partial charge in [-0.15, -0.1) is 0 Å². The van der Waals surface area contributed by atoms with Gasteiger partial charge in [-0.2, -0.15) is 0 Å². The van der Waals surface area contributed by atoms with Crippen LogP contribution in [0.2, 0.25) is 0 Å². The SMILES string of the molecule is CCOC(=O)c1ccc(-c2c[nH]c(=O)cc2C(=O)O)cc1. The molecule has 6 heteroatoms. The van der Waals surface area contributed by atoms with Crippen molar-refractivity contribution in [3.8, 4) is 11.1 Å². The normalized spacial score (nSPS) is 10.1. The second-order valence-electron chi connectivity index (χ2n) is 4.23. The molecular formula is C15H13NO5. The number of aromatic nitrogens is 1. The maximum atomic E-state index is 11.5. The summed E-state index contributed by atoms with van der Waals surface area (Å²) < 4.78 is 4.87. The van der Waals surface area contributed by atoms with Crippen molar-refractivity contribution in [2.75, 3.05) is 6.61 Å². The van der Waals surface area contributed by atoms with Gasteiger partial charge < -0.3 is 14.8 Å². The minimum absolute atomic E-state index is 0.0948. The fourth-order valence-electron chi connectivity index (χ4n) is 1.89. The van der Waals surface area contributed by atoms with Crippen molar-refractivity contribution in [1.82, 2.24) is 4.98 Å². The van der Waals surface area contributed by atoms with E-state index in [0.29, 0.717) is 16.7 Å². The third-order valence-electron chi connectivity index (χ3n) is 2.86. The predicted molar refractivity (Wildman–Crippen MR) is 75.4 cm³/mol. The minimum Gasteiger partial charge on any atom is -0.478 e. The third kappa shape index (κ3) is 3.17. The lowest BCUT2D eigenvalue weighted by Gasteiger charge is -2.07. The highest BCUT2D eigenvalue weighted by Gasteiger charge is 2.13. The van der Waals surface area contributed by atoms with Gasteiger partial charge >= 0.3 is 11.9 Å². The van der Waals surface area contributed by atoms with Crippen LogP contribution in [0, 0.1) is 0 Å². The number of aromatic carboxylic acids is 1. The van der Waals surface area contributed by atoms with Crippen LogP contribution in [0.25, 0.3) is 11.1 Å². The summed E-state index contributed by atoms with van der Waals surface area (Å²) in [6.07, 6.45) is 1.34. The van der Waals surface area contributed by atoms with Crippen molar-refractivity contribution in [2.45, 2.75) is 6.92 Å². The van der Waals surface area contributed by atoms with Crippen molar-refractivity contribution in [3.05, 3.63) is 58.0 Å². The smallest absolute Gasteiger partial charge is 0.338 e. The molecule has 0 aliphatic heterocycles. The molecule has 1 heterocycles. The number of carbonyl (C=O) groups excluding carboxylic acids is 1. The number of carboxylic acid groups (broad SMARTS) is 1. The molecule has 1 aromatic heterocycles. The van der Waals surface area contributed by atoms with Crippen molar-refractivity contribution < 1.29 is 19.4 Å². The van der Waals surface area contributed by atoms with Crippen LogP contribution < -0.4 is 5.56 Å². The molecule has 0 radical (unpaired) electrons. The Bertz CT molecular complexity index is 730. The molecule has 0 spiro atoms. The summed E-state index contributed by atoms with van der Waals surface area (Å²) in [5.74, 6) is -1.63. The van der Waals surface area contributed by atoms with Crippen LogP contribution in [-0.2, 0) is 4.74 Å². The van der Waals surface area contributed by atoms with E-state index in [2.05, 4.69) is 4.98 Å². The van der Waals surface area contributed by atoms with Crippen LogP contribution in [0.3, 0.4) is 0 Å². The monoisotopic (exact) mass is 287 g/mol. The molecule has 0 unspecified atom stereocenters. The van der Waals surface area contributed by atoms with E-state index in [0.717, 1.165) is 6.07 Å². The van der Waals surface area contributed by atoms with Gasteiger partial charge in [0.2, 0.25) is 5.56 Å². The number of benzene rings is 1. The van der Waals surface area contributed by atoms with Gasteiger partial charge in [-0.1, -0.05) is 12.1 Å². The van der Waals surface area contributed by atoms with Crippen LogP contribution >= 0.6 is 0 Å². The molecule has 0 bridgehead atoms. The van der Waals surface area contributed by atoms with Gasteiger partial charge in [0, 0.05) is 17.8 Å². The predicted octanol–water partition coefficient (Wildman–Crippen LogP) is 1.92. The highest BCUT2D eigenvalue weighted by molar-refractivity contribution is 5.96. The average Bonchev–Trinajstić information content (AvgIpc) is 2.47. The molecule has 2 N–H and O–H groups in total. The summed E-state index contributed by atoms with van der Waals surface area (Å²) in [4.78, 5) is 36.4. The third-order valence-corrected chi connectivity index (χ3v) is 2.86. The summed E-state index contributed by atoms with van der Waals surface area (Å²) >= 11 is 0. The number of hydrogen-bond acceptors (Lipinski definition) is 4. The van der Waals surface area contributed by atoms with Crippen molar-refractivity contribution in [3.63, 3.8) is 0 Å². The van der Waals surface area contributed by atoms with Gasteiger partial charge in [-0.05, 0) is 24.6 Å². The average molecular weight is 287 g/mol. The lowest BCUT2D eigenvalue weighted by molar-refractivity contribution is 0.0526. The van der Waals surface area contributed by atoms with E-state index in [4.69, 9.17) is 9.84 Å². The fraction of sp³-hybridized carbons (Fsp3) is 0.133. The maximum Gasteiger partial charge on any atom is 0.338 e. The Hall–Kier alpha value is -2.89. The molecule has 0 aliphatic rings. The van der Waals surface area contributed by atoms with Crippen LogP contribution in [0.15, 0.2) is 41.3 Å². The topological polar surface area (TPSA) is 96.5 Å². The van der Waals surface area contributed by atoms with Crippen LogP contribution in [-0.4, -0.2) is 28.6 Å². The van der Waals surface area contributed by atoms with Crippen LogP contribution in [0.1, 0.15) is 27.6 Å². The number of carboxylic acids is 1. The minimum atomic E-state index is -1.19. The van der Waals surface area contributed by atoms with Crippen molar-refractivity contribution in [1.29, 1.82) is 0 Å². The number of aromatic amines is 1. The van der Waals surface area contributed by atoms with E-state index in [9.17, 15) is 14.4 Å². The maximum absolute atomic E-state index is 11.5. The summed E-state index contributed by atoms with van der Waals surface area (Å²) in [6.45, 7) is 2.00. The van der Waals surface area contributed by atoms with Gasteiger partial charge in [0.15, 0.2) is 0 Å². The van der Waals surface area contributed by atoms with E-state index < -0.39 is 17.5 Å². The molecule has 21 heavy (non-hydrogen) atoms. The Morgan fingerprint density at radius 2 is 1.90 bits per heavy atom. The number of ether oxygens (including phenoxy) is 1. The second-order valence-corrected chi connectivity index (χ2v) is 4.23. The first-order chi connectivity index (χ1) is 10.0. The molecule has 1 aromatic carbocycles. The number of H-pyrrole nitrogens is 1. The number of carbonyl (C=O) groups is 2. The van der Waals surface area contributed by atoms with Crippen LogP contribution in [0.4, 0.5) is 0 Å². The molecule has 2 aromatic rings. The van der Waals surface area contributed by atoms with E-state index in [1.54, 1.807) is 31.2 Å². The van der Waals surface area contributed by atoms with E-state index in [1.165, 1.54) is 6.20 Å². The van der Waals surface area contributed by atoms with Gasteiger partial charge in [0.05, 0.1) is 17.7 Å². The summed E-state index contributed by atoms with van der Waals surface area (Å²) in [5.41, 5.74) is 0.748. The van der Waals surface area contributed by atoms with E-state index >= 15 is 0 Å². The lowest BCUT2D eigenvalue weighted by atomic mass is 10.0. The quantitative estimate of drug-likeness (QED) is 0.837. The molecule has 0 amide bonds. The number of rotatable bonds is 4. The molecule has 2 rings (SSSR count). The molecule has 0 saturated heterocycles. The van der Waals surface area contributed by atoms with Gasteiger partial charge in [0.1, 0.15) is 0 Å². The van der Waals surface area contributed by atoms with Crippen molar-refractivity contribution in [2.24, 2.45) is 0 Å². The largest absolute Gasteiger partial charge is 0.478 e. The Balaban J connectivity index is 2.42. The van der Waals surface area contributed by atoms with Crippen molar-refractivity contribution >= 4 is 11.9 Å². The number of hydrogen-bond donors (Lipinski definition) is 2. The Kier molecular flexibility index (Phi) is 4.18. The Labute approximate surface area is 120 Å². The van der Waals surface area contributed by atoms with Gasteiger partial charge in [0.25, 0.3) is 0 Å². The number of nitrogens with one attached hydrogen (secondary N) is 1. The fourth-order valence-corrected chi connectivity index (χ4v) is 1.89. The molecule has 0 atom stereocenters. The zero-order valence-electron chi connectivity index (χ0n) is 11.3. The number of pyridine rings is 1. The first-order valence-electron chi connectivity index (χ1n) is 6.26. The molecule has 0 aliphatic carbocycles. The van der Waals surface area contributed by atoms with Crippen LogP contribution in [0.5, 0.6) is 0 Å². The first kappa shape index (κ1) is 14.5. The highest BCUT2D eigenvalue weighted by Crippen LogP contribution is 2.22. The summed E-state index contributed by atoms with van der Waals surface area (Å²) in [5, 5.41) is 9.14. The molecule has 6 nitrogen and oxygen atoms in total. The van der Waals surface area contributed by atoms with E-state index in [1.807, 2.05) is 0 Å². The second kappa shape index (κ2) is 6.04. The highest BCUT2D eigenvalue weighted by atomic mass is 16.5. The summed E-state index contributed by atoms with van der Waals surface area (Å²) in [7, 11) is 0. The zero-order valence-corrected chi connectivity index (χ0v) is 11.3. The first-order valence-corrected chi connectivity index (χ1v) is 6.26.